The molecule has 1 aromatic rings. The Kier molecular flexibility index (Phi) is 4.66. The lowest BCUT2D eigenvalue weighted by Crippen LogP contribution is -2.27. The van der Waals surface area contributed by atoms with Crippen LogP contribution in [0, 0.1) is 0 Å². The summed E-state index contributed by atoms with van der Waals surface area (Å²) in [7, 11) is 0. The Hall–Kier alpha value is -1.00. The second-order valence-electron chi connectivity index (χ2n) is 4.65. The predicted molar refractivity (Wildman–Crippen MR) is 75.0 cm³/mol. The molecular weight excluding hydrogens is 246 g/mol. The first-order valence-corrected chi connectivity index (χ1v) is 7.23. The molecule has 2 rings (SSSR count). The zero-order valence-electron chi connectivity index (χ0n) is 10.8. The molecule has 1 amide bonds. The van der Waals surface area contributed by atoms with Gasteiger partial charge in [-0.15, -0.1) is 11.8 Å². The number of benzene rings is 1. The van der Waals surface area contributed by atoms with Crippen LogP contribution in [0.1, 0.15) is 26.7 Å². The van der Waals surface area contributed by atoms with Gasteiger partial charge in [0.25, 0.3) is 5.91 Å². The second-order valence-corrected chi connectivity index (χ2v) is 6.27. The lowest BCUT2D eigenvalue weighted by atomic mass is 10.2. The molecule has 3 nitrogen and oxygen atoms in total. The van der Waals surface area contributed by atoms with E-state index in [1.54, 1.807) is 11.8 Å². The second kappa shape index (κ2) is 6.25. The third-order valence-corrected chi connectivity index (χ3v) is 3.81. The lowest BCUT2D eigenvalue weighted by molar-refractivity contribution is -0.124. The van der Waals surface area contributed by atoms with Gasteiger partial charge in [-0.1, -0.05) is 26.0 Å². The summed E-state index contributed by atoms with van der Waals surface area (Å²) >= 11 is 1.75. The Labute approximate surface area is 112 Å². The van der Waals surface area contributed by atoms with Crippen LogP contribution in [0.15, 0.2) is 29.2 Å². The maximum Gasteiger partial charge on any atom is 0.253 e. The van der Waals surface area contributed by atoms with E-state index in [0.29, 0.717) is 11.9 Å². The van der Waals surface area contributed by atoms with Gasteiger partial charge in [-0.25, -0.2) is 0 Å². The van der Waals surface area contributed by atoms with Gasteiger partial charge >= 0.3 is 0 Å². The van der Waals surface area contributed by atoms with E-state index in [-0.39, 0.29) is 12.0 Å². The topological polar surface area (TPSA) is 38.3 Å². The molecule has 1 aromatic carbocycles. The van der Waals surface area contributed by atoms with Gasteiger partial charge in [0, 0.05) is 16.8 Å². The molecule has 0 saturated carbocycles. The van der Waals surface area contributed by atoms with Gasteiger partial charge in [-0.05, 0) is 25.0 Å². The molecule has 1 aliphatic rings. The zero-order chi connectivity index (χ0) is 13.0. The first-order valence-electron chi connectivity index (χ1n) is 6.35. The van der Waals surface area contributed by atoms with Crippen molar-refractivity contribution in [2.24, 2.45) is 0 Å². The van der Waals surface area contributed by atoms with Crippen LogP contribution in [0.3, 0.4) is 0 Å². The average Bonchev–Trinajstić information content (AvgIpc) is 2.84. The number of anilines is 1. The maximum absolute atomic E-state index is 12.0. The molecule has 0 aromatic heterocycles. The smallest absolute Gasteiger partial charge is 0.253 e. The summed E-state index contributed by atoms with van der Waals surface area (Å²) in [5.41, 5.74) is 0.886. The minimum Gasteiger partial charge on any atom is -0.368 e. The van der Waals surface area contributed by atoms with Crippen LogP contribution >= 0.6 is 11.8 Å². The highest BCUT2D eigenvalue weighted by atomic mass is 32.2. The fourth-order valence-corrected chi connectivity index (χ4v) is 2.84. The van der Waals surface area contributed by atoms with Crippen molar-refractivity contribution < 1.29 is 9.53 Å². The standard InChI is InChI=1S/C14H19NO2S/c1-10(2)18-13-8-4-3-6-11(13)15-14(16)12-7-5-9-17-12/h3-4,6,8,10,12H,5,7,9H2,1-2H3,(H,15,16). The van der Waals surface area contributed by atoms with Crippen LogP contribution in [0.25, 0.3) is 0 Å². The molecule has 0 radical (unpaired) electrons. The minimum absolute atomic E-state index is 0.0238. The van der Waals surface area contributed by atoms with Crippen LogP contribution in [0.4, 0.5) is 5.69 Å². The van der Waals surface area contributed by atoms with Gasteiger partial charge in [0.2, 0.25) is 0 Å². The van der Waals surface area contributed by atoms with Crippen molar-refractivity contribution in [3.05, 3.63) is 24.3 Å². The summed E-state index contributed by atoms with van der Waals surface area (Å²) in [6.45, 7) is 4.98. The lowest BCUT2D eigenvalue weighted by Gasteiger charge is -2.14. The van der Waals surface area contributed by atoms with Crippen molar-refractivity contribution in [3.63, 3.8) is 0 Å². The first-order chi connectivity index (χ1) is 8.66. The Bertz CT molecular complexity index is 414. The molecule has 1 heterocycles. The number of carbonyl (C=O) groups is 1. The molecule has 1 atom stereocenters. The summed E-state index contributed by atoms with van der Waals surface area (Å²) in [6.07, 6.45) is 1.52. The molecule has 1 saturated heterocycles. The third-order valence-electron chi connectivity index (χ3n) is 2.73. The Morgan fingerprint density at radius 1 is 1.44 bits per heavy atom. The Balaban J connectivity index is 2.05. The summed E-state index contributed by atoms with van der Waals surface area (Å²) < 4.78 is 5.39. The van der Waals surface area contributed by atoms with E-state index in [2.05, 4.69) is 19.2 Å². The van der Waals surface area contributed by atoms with Crippen molar-refractivity contribution in [2.45, 2.75) is 42.9 Å². The van der Waals surface area contributed by atoms with Crippen molar-refractivity contribution in [3.8, 4) is 0 Å². The van der Waals surface area contributed by atoms with Gasteiger partial charge in [0.05, 0.1) is 5.69 Å². The minimum atomic E-state index is -0.276. The number of rotatable bonds is 4. The molecule has 18 heavy (non-hydrogen) atoms. The van der Waals surface area contributed by atoms with E-state index in [9.17, 15) is 4.79 Å². The number of hydrogen-bond donors (Lipinski definition) is 1. The highest BCUT2D eigenvalue weighted by molar-refractivity contribution is 8.00. The van der Waals surface area contributed by atoms with Gasteiger partial charge in [-0.3, -0.25) is 4.79 Å². The Morgan fingerprint density at radius 3 is 2.89 bits per heavy atom. The quantitative estimate of drug-likeness (QED) is 0.849. The molecule has 1 fully saturated rings. The number of para-hydroxylation sites is 1. The first kappa shape index (κ1) is 13.4. The van der Waals surface area contributed by atoms with Gasteiger partial charge in [0.15, 0.2) is 0 Å². The van der Waals surface area contributed by atoms with E-state index in [1.165, 1.54) is 0 Å². The summed E-state index contributed by atoms with van der Waals surface area (Å²) in [6, 6.07) is 7.91. The summed E-state index contributed by atoms with van der Waals surface area (Å²) in [4.78, 5) is 13.1. The van der Waals surface area contributed by atoms with Crippen LogP contribution in [-0.2, 0) is 9.53 Å². The molecule has 98 valence electrons. The van der Waals surface area contributed by atoms with E-state index >= 15 is 0 Å². The fourth-order valence-electron chi connectivity index (χ4n) is 1.92. The summed E-state index contributed by atoms with van der Waals surface area (Å²) in [5.74, 6) is -0.0238. The molecule has 0 bridgehead atoms. The van der Waals surface area contributed by atoms with Gasteiger partial charge in [0.1, 0.15) is 6.10 Å². The molecule has 0 aliphatic carbocycles. The van der Waals surface area contributed by atoms with E-state index < -0.39 is 0 Å². The molecule has 1 unspecified atom stereocenters. The zero-order valence-corrected chi connectivity index (χ0v) is 11.6. The molecule has 0 spiro atoms. The highest BCUT2D eigenvalue weighted by Gasteiger charge is 2.24. The van der Waals surface area contributed by atoms with Gasteiger partial charge in [-0.2, -0.15) is 0 Å². The van der Waals surface area contributed by atoms with E-state index in [0.717, 1.165) is 23.4 Å². The number of nitrogens with one attached hydrogen (secondary N) is 1. The maximum atomic E-state index is 12.0. The molecule has 1 aliphatic heterocycles. The van der Waals surface area contributed by atoms with Crippen molar-refractivity contribution in [1.82, 2.24) is 0 Å². The third kappa shape index (κ3) is 3.50. The van der Waals surface area contributed by atoms with E-state index in [1.807, 2.05) is 24.3 Å². The molecule has 1 N–H and O–H groups in total. The molecule has 4 heteroatoms. The largest absolute Gasteiger partial charge is 0.368 e. The number of carbonyl (C=O) groups excluding carboxylic acids is 1. The van der Waals surface area contributed by atoms with Crippen LogP contribution in [-0.4, -0.2) is 23.9 Å². The summed E-state index contributed by atoms with van der Waals surface area (Å²) in [5, 5.41) is 3.46. The van der Waals surface area contributed by atoms with Crippen molar-refractivity contribution >= 4 is 23.4 Å². The van der Waals surface area contributed by atoms with Crippen LogP contribution in [0.2, 0.25) is 0 Å². The monoisotopic (exact) mass is 265 g/mol. The predicted octanol–water partition coefficient (Wildman–Crippen LogP) is 3.30. The van der Waals surface area contributed by atoms with Crippen molar-refractivity contribution in [1.29, 1.82) is 0 Å². The number of hydrogen-bond acceptors (Lipinski definition) is 3. The van der Waals surface area contributed by atoms with Gasteiger partial charge < -0.3 is 10.1 Å². The number of thioether (sulfide) groups is 1. The highest BCUT2D eigenvalue weighted by Crippen LogP contribution is 2.30. The number of amides is 1. The fraction of sp³-hybridized carbons (Fsp3) is 0.500. The average molecular weight is 265 g/mol. The van der Waals surface area contributed by atoms with Crippen molar-refractivity contribution in [2.75, 3.05) is 11.9 Å². The Morgan fingerprint density at radius 2 is 2.22 bits per heavy atom. The van der Waals surface area contributed by atoms with E-state index in [4.69, 9.17) is 4.74 Å². The molecular formula is C14H19NO2S. The SMILES string of the molecule is CC(C)Sc1ccccc1NC(=O)C1CCCO1. The van der Waals surface area contributed by atoms with Crippen LogP contribution < -0.4 is 5.32 Å². The van der Waals surface area contributed by atoms with Crippen LogP contribution in [0.5, 0.6) is 0 Å². The normalized spacial score (nSPS) is 19.2. The number of ether oxygens (including phenoxy) is 1.